The molecule has 0 saturated heterocycles. The number of benzene rings is 1. The van der Waals surface area contributed by atoms with Crippen LogP contribution in [-0.2, 0) is 18.7 Å². The van der Waals surface area contributed by atoms with E-state index in [9.17, 15) is 10.1 Å². The molecule has 0 saturated carbocycles. The molecule has 2 heterocycles. The number of nitro groups is 1. The molecule has 124 valence electrons. The van der Waals surface area contributed by atoms with Crippen LogP contribution in [0.25, 0.3) is 0 Å². The molecule has 0 unspecified atom stereocenters. The van der Waals surface area contributed by atoms with Gasteiger partial charge in [0.15, 0.2) is 5.16 Å². The SMILES string of the molecule is Cc1c(CSc2nncn2CCc2cccs2)cccc1[N+](=O)[O-]. The maximum absolute atomic E-state index is 11.0. The van der Waals surface area contributed by atoms with Crippen LogP contribution in [0.15, 0.2) is 47.2 Å². The standard InChI is InChI=1S/C16H16N4O2S2/c1-12-13(4-2-6-15(12)20(21)22)10-24-16-18-17-11-19(16)8-7-14-5-3-9-23-14/h2-6,9,11H,7-8,10H2,1H3. The lowest BCUT2D eigenvalue weighted by molar-refractivity contribution is -0.385. The molecule has 0 amide bonds. The predicted octanol–water partition coefficient (Wildman–Crippen LogP) is 4.09. The summed E-state index contributed by atoms with van der Waals surface area (Å²) in [4.78, 5) is 12.0. The first kappa shape index (κ1) is 16.7. The normalized spacial score (nSPS) is 10.9. The highest BCUT2D eigenvalue weighted by Crippen LogP contribution is 2.27. The van der Waals surface area contributed by atoms with E-state index >= 15 is 0 Å². The molecule has 0 fully saturated rings. The highest BCUT2D eigenvalue weighted by molar-refractivity contribution is 7.98. The first-order valence-electron chi connectivity index (χ1n) is 7.41. The third-order valence-electron chi connectivity index (χ3n) is 3.73. The number of thiophene rings is 1. The van der Waals surface area contributed by atoms with Crippen molar-refractivity contribution in [3.8, 4) is 0 Å². The molecular weight excluding hydrogens is 344 g/mol. The summed E-state index contributed by atoms with van der Waals surface area (Å²) in [5, 5.41) is 22.1. The van der Waals surface area contributed by atoms with Crippen LogP contribution in [0, 0.1) is 17.0 Å². The summed E-state index contributed by atoms with van der Waals surface area (Å²) in [6.07, 6.45) is 2.68. The molecule has 1 aromatic carbocycles. The predicted molar refractivity (Wildman–Crippen MR) is 95.4 cm³/mol. The Hall–Kier alpha value is -2.19. The van der Waals surface area contributed by atoms with E-state index in [1.807, 2.05) is 16.7 Å². The van der Waals surface area contributed by atoms with Crippen molar-refractivity contribution in [2.75, 3.05) is 0 Å². The Balaban J connectivity index is 1.66. The topological polar surface area (TPSA) is 73.8 Å². The van der Waals surface area contributed by atoms with E-state index < -0.39 is 0 Å². The Morgan fingerprint density at radius 3 is 2.96 bits per heavy atom. The van der Waals surface area contributed by atoms with Gasteiger partial charge < -0.3 is 4.57 Å². The summed E-state index contributed by atoms with van der Waals surface area (Å²) in [5.41, 5.74) is 1.81. The molecule has 0 atom stereocenters. The van der Waals surface area contributed by atoms with E-state index in [2.05, 4.69) is 21.6 Å². The van der Waals surface area contributed by atoms with Crippen molar-refractivity contribution in [1.82, 2.24) is 14.8 Å². The summed E-state index contributed by atoms with van der Waals surface area (Å²) < 4.78 is 2.02. The van der Waals surface area contributed by atoms with E-state index in [0.29, 0.717) is 11.3 Å². The molecule has 24 heavy (non-hydrogen) atoms. The van der Waals surface area contributed by atoms with Gasteiger partial charge in [-0.15, -0.1) is 21.5 Å². The fourth-order valence-corrected chi connectivity index (χ4v) is 4.07. The van der Waals surface area contributed by atoms with Crippen LogP contribution in [0.4, 0.5) is 5.69 Å². The lowest BCUT2D eigenvalue weighted by Crippen LogP contribution is -2.01. The van der Waals surface area contributed by atoms with Crippen LogP contribution < -0.4 is 0 Å². The zero-order chi connectivity index (χ0) is 16.9. The van der Waals surface area contributed by atoms with Gasteiger partial charge >= 0.3 is 0 Å². The van der Waals surface area contributed by atoms with E-state index in [4.69, 9.17) is 0 Å². The zero-order valence-electron chi connectivity index (χ0n) is 13.1. The number of hydrogen-bond acceptors (Lipinski definition) is 6. The highest BCUT2D eigenvalue weighted by Gasteiger charge is 2.14. The van der Waals surface area contributed by atoms with E-state index in [1.165, 1.54) is 10.9 Å². The van der Waals surface area contributed by atoms with Crippen molar-refractivity contribution in [1.29, 1.82) is 0 Å². The molecule has 6 nitrogen and oxygen atoms in total. The average molecular weight is 360 g/mol. The minimum atomic E-state index is -0.340. The Labute approximate surface area is 147 Å². The van der Waals surface area contributed by atoms with Crippen molar-refractivity contribution >= 4 is 28.8 Å². The molecule has 0 aliphatic rings. The van der Waals surface area contributed by atoms with Crippen LogP contribution in [0.2, 0.25) is 0 Å². The van der Waals surface area contributed by atoms with Gasteiger partial charge in [-0.25, -0.2) is 0 Å². The van der Waals surface area contributed by atoms with Gasteiger partial charge in [0.2, 0.25) is 0 Å². The fraction of sp³-hybridized carbons (Fsp3) is 0.250. The summed E-state index contributed by atoms with van der Waals surface area (Å²) in [7, 11) is 0. The minimum Gasteiger partial charge on any atom is -0.308 e. The lowest BCUT2D eigenvalue weighted by atomic mass is 10.1. The Morgan fingerprint density at radius 2 is 2.21 bits per heavy atom. The van der Waals surface area contributed by atoms with Crippen LogP contribution in [0.3, 0.4) is 0 Å². The number of rotatable bonds is 7. The molecule has 0 spiro atoms. The molecular formula is C16H16N4O2S2. The number of nitro benzene ring substituents is 1. The highest BCUT2D eigenvalue weighted by atomic mass is 32.2. The third kappa shape index (κ3) is 3.82. The first-order valence-corrected chi connectivity index (χ1v) is 9.27. The van der Waals surface area contributed by atoms with Crippen LogP contribution in [0.5, 0.6) is 0 Å². The Bertz CT molecular complexity index is 830. The first-order chi connectivity index (χ1) is 11.6. The molecule has 0 radical (unpaired) electrons. The smallest absolute Gasteiger partial charge is 0.272 e. The van der Waals surface area contributed by atoms with E-state index in [-0.39, 0.29) is 10.6 Å². The summed E-state index contributed by atoms with van der Waals surface area (Å²) in [5.74, 6) is 0.630. The number of aromatic nitrogens is 3. The monoisotopic (exact) mass is 360 g/mol. The second-order valence-corrected chi connectivity index (χ2v) is 7.22. The zero-order valence-corrected chi connectivity index (χ0v) is 14.7. The molecule has 0 aliphatic heterocycles. The van der Waals surface area contributed by atoms with Gasteiger partial charge in [0.05, 0.1) is 4.92 Å². The molecule has 8 heteroatoms. The van der Waals surface area contributed by atoms with Crippen molar-refractivity contribution in [3.05, 3.63) is 68.2 Å². The quantitative estimate of drug-likeness (QED) is 0.360. The second-order valence-electron chi connectivity index (χ2n) is 5.24. The maximum Gasteiger partial charge on any atom is 0.272 e. The van der Waals surface area contributed by atoms with Gasteiger partial charge in [0.1, 0.15) is 6.33 Å². The Kier molecular flexibility index (Phi) is 5.27. The summed E-state index contributed by atoms with van der Waals surface area (Å²) in [6.45, 7) is 2.61. The van der Waals surface area contributed by atoms with Crippen LogP contribution >= 0.6 is 23.1 Å². The van der Waals surface area contributed by atoms with E-state index in [1.54, 1.807) is 42.4 Å². The number of thioether (sulfide) groups is 1. The van der Waals surface area contributed by atoms with Gasteiger partial charge in [-0.2, -0.15) is 0 Å². The lowest BCUT2D eigenvalue weighted by Gasteiger charge is -2.07. The van der Waals surface area contributed by atoms with Crippen LogP contribution in [-0.4, -0.2) is 19.7 Å². The van der Waals surface area contributed by atoms with Gasteiger partial charge in [0, 0.05) is 28.8 Å². The second kappa shape index (κ2) is 7.59. The summed E-state index contributed by atoms with van der Waals surface area (Å²) in [6, 6.07) is 9.35. The number of nitrogens with zero attached hydrogens (tertiary/aromatic N) is 4. The number of hydrogen-bond donors (Lipinski definition) is 0. The van der Waals surface area contributed by atoms with Crippen molar-refractivity contribution in [3.63, 3.8) is 0 Å². The number of aryl methyl sites for hydroxylation is 2. The minimum absolute atomic E-state index is 0.160. The van der Waals surface area contributed by atoms with Crippen LogP contribution in [0.1, 0.15) is 16.0 Å². The average Bonchev–Trinajstić information content (AvgIpc) is 3.23. The molecule has 0 N–H and O–H groups in total. The van der Waals surface area contributed by atoms with Crippen molar-refractivity contribution < 1.29 is 4.92 Å². The van der Waals surface area contributed by atoms with E-state index in [0.717, 1.165) is 23.7 Å². The molecule has 3 rings (SSSR count). The molecule has 2 aromatic heterocycles. The van der Waals surface area contributed by atoms with Gasteiger partial charge in [-0.3, -0.25) is 10.1 Å². The molecule has 0 bridgehead atoms. The maximum atomic E-state index is 11.0. The third-order valence-corrected chi connectivity index (χ3v) is 5.70. The largest absolute Gasteiger partial charge is 0.308 e. The fourth-order valence-electron chi connectivity index (χ4n) is 2.36. The Morgan fingerprint density at radius 1 is 1.33 bits per heavy atom. The van der Waals surface area contributed by atoms with Crippen molar-refractivity contribution in [2.24, 2.45) is 0 Å². The molecule has 0 aliphatic carbocycles. The van der Waals surface area contributed by atoms with Gasteiger partial charge in [0.25, 0.3) is 5.69 Å². The molecule has 3 aromatic rings. The summed E-state index contributed by atoms with van der Waals surface area (Å²) >= 11 is 3.29. The van der Waals surface area contributed by atoms with Gasteiger partial charge in [-0.05, 0) is 30.4 Å². The van der Waals surface area contributed by atoms with Crippen molar-refractivity contribution in [2.45, 2.75) is 30.8 Å². The van der Waals surface area contributed by atoms with Gasteiger partial charge in [-0.1, -0.05) is 30.0 Å².